The minimum atomic E-state index is 0.219. The van der Waals surface area contributed by atoms with Gasteiger partial charge in [-0.25, -0.2) is 4.98 Å². The van der Waals surface area contributed by atoms with Crippen LogP contribution in [0, 0.1) is 0 Å². The number of hydrogen-bond acceptors (Lipinski definition) is 4. The molecule has 0 aliphatic carbocycles. The average molecular weight is 245 g/mol. The summed E-state index contributed by atoms with van der Waals surface area (Å²) in [4.78, 5) is 8.62. The molecule has 2 aromatic heterocycles. The van der Waals surface area contributed by atoms with E-state index in [4.69, 9.17) is 5.84 Å². The summed E-state index contributed by atoms with van der Waals surface area (Å²) in [6, 6.07) is 6.15. The monoisotopic (exact) mass is 245 g/mol. The summed E-state index contributed by atoms with van der Waals surface area (Å²) in [6.45, 7) is 0. The van der Waals surface area contributed by atoms with Gasteiger partial charge < -0.3 is 4.57 Å². The number of hydrazine groups is 1. The molecule has 0 amide bonds. The first-order valence-corrected chi connectivity index (χ1v) is 6.12. The van der Waals surface area contributed by atoms with Gasteiger partial charge in [0, 0.05) is 50.2 Å². The second-order valence-corrected chi connectivity index (χ2v) is 4.38. The molecule has 3 N–H and O–H groups in total. The minimum absolute atomic E-state index is 0.219. The highest BCUT2D eigenvalue weighted by Gasteiger charge is 2.10. The molecule has 2 heterocycles. The van der Waals surface area contributed by atoms with E-state index < -0.39 is 0 Å². The van der Waals surface area contributed by atoms with Crippen LogP contribution in [0.4, 0.5) is 0 Å². The van der Waals surface area contributed by atoms with Gasteiger partial charge in [0.2, 0.25) is 0 Å². The summed E-state index contributed by atoms with van der Waals surface area (Å²) >= 11 is 0. The van der Waals surface area contributed by atoms with Crippen molar-refractivity contribution in [2.45, 2.75) is 25.3 Å². The molecule has 0 aliphatic heterocycles. The summed E-state index contributed by atoms with van der Waals surface area (Å²) in [7, 11) is 2.01. The molecule has 18 heavy (non-hydrogen) atoms. The van der Waals surface area contributed by atoms with Crippen LogP contribution in [0.3, 0.4) is 0 Å². The molecule has 0 saturated carbocycles. The zero-order valence-electron chi connectivity index (χ0n) is 10.6. The second-order valence-electron chi connectivity index (χ2n) is 4.38. The van der Waals surface area contributed by atoms with Gasteiger partial charge >= 0.3 is 0 Å². The fraction of sp³-hybridized carbons (Fsp3) is 0.385. The molecule has 1 unspecified atom stereocenters. The van der Waals surface area contributed by atoms with Gasteiger partial charge in [-0.1, -0.05) is 6.07 Å². The van der Waals surface area contributed by atoms with E-state index in [1.807, 2.05) is 48.4 Å². The minimum Gasteiger partial charge on any atom is -0.338 e. The molecule has 2 rings (SSSR count). The number of nitrogens with zero attached hydrogens (tertiary/aromatic N) is 3. The smallest absolute Gasteiger partial charge is 0.108 e. The quantitative estimate of drug-likeness (QED) is 0.584. The number of pyridine rings is 1. The van der Waals surface area contributed by atoms with Gasteiger partial charge in [0.05, 0.1) is 0 Å². The predicted molar refractivity (Wildman–Crippen MR) is 70.6 cm³/mol. The van der Waals surface area contributed by atoms with Crippen LogP contribution in [0.2, 0.25) is 0 Å². The lowest BCUT2D eigenvalue weighted by molar-refractivity contribution is 0.479. The Morgan fingerprint density at radius 1 is 1.33 bits per heavy atom. The van der Waals surface area contributed by atoms with E-state index >= 15 is 0 Å². The molecule has 5 nitrogen and oxygen atoms in total. The normalized spacial score (nSPS) is 12.6. The van der Waals surface area contributed by atoms with E-state index in [9.17, 15) is 0 Å². The highest BCUT2D eigenvalue weighted by molar-refractivity contribution is 5.05. The molecule has 2 aromatic rings. The van der Waals surface area contributed by atoms with Crippen molar-refractivity contribution < 1.29 is 0 Å². The number of aryl methyl sites for hydroxylation is 2. The van der Waals surface area contributed by atoms with Crippen molar-refractivity contribution in [2.24, 2.45) is 12.9 Å². The predicted octanol–water partition coefficient (Wildman–Crippen LogP) is 0.822. The lowest BCUT2D eigenvalue weighted by atomic mass is 10.1. The molecule has 0 spiro atoms. The van der Waals surface area contributed by atoms with Crippen LogP contribution in [0.25, 0.3) is 0 Å². The number of nitrogens with two attached hydrogens (primary N) is 1. The number of hydrogen-bond donors (Lipinski definition) is 2. The fourth-order valence-electron chi connectivity index (χ4n) is 1.96. The molecule has 96 valence electrons. The van der Waals surface area contributed by atoms with Crippen LogP contribution < -0.4 is 11.3 Å². The van der Waals surface area contributed by atoms with Crippen LogP contribution in [0.5, 0.6) is 0 Å². The van der Waals surface area contributed by atoms with Crippen LogP contribution in [0.15, 0.2) is 36.8 Å². The van der Waals surface area contributed by atoms with Crippen molar-refractivity contribution in [2.75, 3.05) is 0 Å². The largest absolute Gasteiger partial charge is 0.338 e. The van der Waals surface area contributed by atoms with Crippen molar-refractivity contribution in [3.05, 3.63) is 48.3 Å². The van der Waals surface area contributed by atoms with Crippen molar-refractivity contribution in [1.29, 1.82) is 0 Å². The number of imidazole rings is 1. The molecule has 0 aliphatic rings. The molecule has 5 heteroatoms. The highest BCUT2D eigenvalue weighted by Crippen LogP contribution is 2.06. The Hall–Kier alpha value is -1.72. The van der Waals surface area contributed by atoms with E-state index in [0.717, 1.165) is 30.8 Å². The van der Waals surface area contributed by atoms with Gasteiger partial charge in [-0.3, -0.25) is 16.3 Å². The van der Waals surface area contributed by atoms with Gasteiger partial charge in [-0.05, 0) is 18.6 Å². The molecular weight excluding hydrogens is 226 g/mol. The summed E-state index contributed by atoms with van der Waals surface area (Å²) < 4.78 is 2.04. The van der Waals surface area contributed by atoms with Gasteiger partial charge in [-0.15, -0.1) is 0 Å². The van der Waals surface area contributed by atoms with Crippen molar-refractivity contribution in [3.63, 3.8) is 0 Å². The number of nitrogens with one attached hydrogen (secondary N) is 1. The van der Waals surface area contributed by atoms with Crippen molar-refractivity contribution in [1.82, 2.24) is 20.0 Å². The molecule has 0 bridgehead atoms. The first kappa shape index (κ1) is 12.7. The number of aromatic nitrogens is 3. The fourth-order valence-corrected chi connectivity index (χ4v) is 1.96. The van der Waals surface area contributed by atoms with Crippen LogP contribution in [0.1, 0.15) is 17.9 Å². The lowest BCUT2D eigenvalue weighted by Crippen LogP contribution is -2.37. The Morgan fingerprint density at radius 2 is 2.22 bits per heavy atom. The standard InChI is InChI=1S/C13H19N5/c1-18-9-8-16-13(18)6-5-12(17-14)10-11-4-2-3-7-15-11/h2-4,7-9,12,17H,5-6,10,14H2,1H3. The maximum absolute atomic E-state index is 5.59. The summed E-state index contributed by atoms with van der Waals surface area (Å²) in [5, 5.41) is 0. The lowest BCUT2D eigenvalue weighted by Gasteiger charge is -2.15. The zero-order chi connectivity index (χ0) is 12.8. The third kappa shape index (κ3) is 3.38. The Bertz CT molecular complexity index is 465. The van der Waals surface area contributed by atoms with E-state index in [-0.39, 0.29) is 6.04 Å². The maximum atomic E-state index is 5.59. The Kier molecular flexibility index (Phi) is 4.44. The van der Waals surface area contributed by atoms with Crippen LogP contribution >= 0.6 is 0 Å². The Morgan fingerprint density at radius 3 is 2.83 bits per heavy atom. The highest BCUT2D eigenvalue weighted by atomic mass is 15.2. The average Bonchev–Trinajstić information content (AvgIpc) is 2.81. The molecule has 1 atom stereocenters. The summed E-state index contributed by atoms with van der Waals surface area (Å²) in [5.41, 5.74) is 3.91. The zero-order valence-corrected chi connectivity index (χ0v) is 10.6. The molecule has 0 radical (unpaired) electrons. The molecule has 0 saturated heterocycles. The van der Waals surface area contributed by atoms with E-state index in [1.54, 1.807) is 0 Å². The molecule has 0 fully saturated rings. The van der Waals surface area contributed by atoms with Gasteiger partial charge in [0.1, 0.15) is 5.82 Å². The van der Waals surface area contributed by atoms with Crippen LogP contribution in [-0.2, 0) is 19.9 Å². The maximum Gasteiger partial charge on any atom is 0.108 e. The Balaban J connectivity index is 1.88. The van der Waals surface area contributed by atoms with Crippen molar-refractivity contribution >= 4 is 0 Å². The van der Waals surface area contributed by atoms with Gasteiger partial charge in [-0.2, -0.15) is 0 Å². The van der Waals surface area contributed by atoms with Crippen LogP contribution in [-0.4, -0.2) is 20.6 Å². The SMILES string of the molecule is Cn1ccnc1CCC(Cc1ccccn1)NN. The van der Waals surface area contributed by atoms with E-state index in [2.05, 4.69) is 15.4 Å². The summed E-state index contributed by atoms with van der Waals surface area (Å²) in [5.74, 6) is 6.67. The van der Waals surface area contributed by atoms with Crippen molar-refractivity contribution in [3.8, 4) is 0 Å². The molecule has 0 aromatic carbocycles. The number of rotatable bonds is 6. The van der Waals surface area contributed by atoms with E-state index in [1.165, 1.54) is 0 Å². The van der Waals surface area contributed by atoms with Gasteiger partial charge in [0.25, 0.3) is 0 Å². The third-order valence-corrected chi connectivity index (χ3v) is 3.05. The third-order valence-electron chi connectivity index (χ3n) is 3.05. The summed E-state index contributed by atoms with van der Waals surface area (Å²) in [6.07, 6.45) is 8.27. The second kappa shape index (κ2) is 6.28. The topological polar surface area (TPSA) is 68.8 Å². The first-order valence-electron chi connectivity index (χ1n) is 6.12. The Labute approximate surface area is 107 Å². The van der Waals surface area contributed by atoms with E-state index in [0.29, 0.717) is 0 Å². The molecular formula is C13H19N5. The van der Waals surface area contributed by atoms with Gasteiger partial charge in [0.15, 0.2) is 0 Å². The first-order chi connectivity index (χ1) is 8.79.